The fourth-order valence-corrected chi connectivity index (χ4v) is 0.657. The van der Waals surface area contributed by atoms with E-state index in [0.29, 0.717) is 6.42 Å². The van der Waals surface area contributed by atoms with Gasteiger partial charge in [-0.3, -0.25) is 0 Å². The zero-order valence-electron chi connectivity index (χ0n) is 4.64. The van der Waals surface area contributed by atoms with E-state index in [1.807, 2.05) is 6.92 Å². The zero-order valence-corrected chi connectivity index (χ0v) is 5.46. The summed E-state index contributed by atoms with van der Waals surface area (Å²) in [6.45, 7) is 3.57. The van der Waals surface area contributed by atoms with Crippen LogP contribution in [-0.2, 0) is 0 Å². The summed E-state index contributed by atoms with van der Waals surface area (Å²) in [4.78, 5) is 0.870. The molecular weight excluding hydrogens is 108 g/mol. The lowest BCUT2D eigenvalue weighted by Crippen LogP contribution is -2.03. The Kier molecular flexibility index (Phi) is 3.13. The smallest absolute Gasteiger partial charge is 0.0557 e. The number of rotatable bonds is 2. The molecule has 0 aliphatic carbocycles. The van der Waals surface area contributed by atoms with Gasteiger partial charge in [0.25, 0.3) is 0 Å². The fraction of sp³-hybridized carbons (Fsp3) is 0.800. The molecule has 0 spiro atoms. The second kappa shape index (κ2) is 3.10. The van der Waals surface area contributed by atoms with Gasteiger partial charge in [-0.2, -0.15) is 0 Å². The van der Waals surface area contributed by atoms with Crippen molar-refractivity contribution < 1.29 is 5.11 Å². The second-order valence-electron chi connectivity index (χ2n) is 1.76. The Morgan fingerprint density at radius 1 is 1.86 bits per heavy atom. The molecule has 42 valence electrons. The lowest BCUT2D eigenvalue weighted by molar-refractivity contribution is 0.204. The normalized spacial score (nSPS) is 13.6. The number of hydrogen-bond acceptors (Lipinski definition) is 2. The van der Waals surface area contributed by atoms with Gasteiger partial charge in [0.2, 0.25) is 0 Å². The molecule has 1 unspecified atom stereocenters. The van der Waals surface area contributed by atoms with Gasteiger partial charge in [-0.25, -0.2) is 0 Å². The molecule has 0 radical (unpaired) electrons. The minimum atomic E-state index is -0.266. The molecule has 0 heterocycles. The highest BCUT2D eigenvalue weighted by atomic mass is 32.1. The summed E-state index contributed by atoms with van der Waals surface area (Å²) in [6.07, 6.45) is 0.382. The van der Waals surface area contributed by atoms with Crippen LogP contribution in [0.3, 0.4) is 0 Å². The van der Waals surface area contributed by atoms with Gasteiger partial charge in [-0.15, -0.1) is 0 Å². The van der Waals surface area contributed by atoms with Crippen LogP contribution in [0.1, 0.15) is 20.3 Å². The highest BCUT2D eigenvalue weighted by Crippen LogP contribution is 1.90. The highest BCUT2D eigenvalue weighted by molar-refractivity contribution is 7.80. The third-order valence-electron chi connectivity index (χ3n) is 0.583. The number of thiocarbonyl (C=S) groups is 1. The third-order valence-corrected chi connectivity index (χ3v) is 0.750. The summed E-state index contributed by atoms with van der Waals surface area (Å²) in [5, 5.41) is 8.64. The van der Waals surface area contributed by atoms with E-state index in [4.69, 9.17) is 17.3 Å². The molecule has 0 aliphatic heterocycles. The maximum atomic E-state index is 8.64. The summed E-state index contributed by atoms with van der Waals surface area (Å²) in [7, 11) is 0. The minimum Gasteiger partial charge on any atom is -0.393 e. The van der Waals surface area contributed by atoms with Crippen molar-refractivity contribution in [3.05, 3.63) is 0 Å². The van der Waals surface area contributed by atoms with Crippen LogP contribution >= 0.6 is 12.2 Å². The van der Waals surface area contributed by atoms with E-state index >= 15 is 0 Å². The maximum Gasteiger partial charge on any atom is 0.0557 e. The van der Waals surface area contributed by atoms with Crippen LogP contribution < -0.4 is 0 Å². The van der Waals surface area contributed by atoms with Crippen LogP contribution in [0.2, 0.25) is 0 Å². The van der Waals surface area contributed by atoms with E-state index in [1.165, 1.54) is 0 Å². The SMILES string of the molecule is CC(=S)CC(C)O. The molecule has 1 N–H and O–H groups in total. The average Bonchev–Trinajstić information content (AvgIpc) is 1.27. The molecule has 0 saturated heterocycles. The van der Waals surface area contributed by atoms with Crippen LogP contribution in [0.15, 0.2) is 0 Å². The van der Waals surface area contributed by atoms with Gasteiger partial charge < -0.3 is 5.11 Å². The zero-order chi connectivity index (χ0) is 5.86. The van der Waals surface area contributed by atoms with Crippen molar-refractivity contribution in [1.82, 2.24) is 0 Å². The van der Waals surface area contributed by atoms with Gasteiger partial charge in [-0.05, 0) is 18.7 Å². The van der Waals surface area contributed by atoms with Gasteiger partial charge in [0, 0.05) is 6.42 Å². The van der Waals surface area contributed by atoms with E-state index in [-0.39, 0.29) is 6.10 Å². The summed E-state index contributed by atoms with van der Waals surface area (Å²) in [6, 6.07) is 0. The molecule has 0 aromatic rings. The largest absolute Gasteiger partial charge is 0.393 e. The predicted octanol–water partition coefficient (Wildman–Crippen LogP) is 1.15. The Bertz CT molecular complexity index is 68.5. The summed E-state index contributed by atoms with van der Waals surface area (Å²) in [5.74, 6) is 0. The number of aliphatic hydroxyl groups is 1. The van der Waals surface area contributed by atoms with Gasteiger partial charge in [0.05, 0.1) is 6.10 Å². The first-order valence-electron chi connectivity index (χ1n) is 2.30. The predicted molar refractivity (Wildman–Crippen MR) is 34.6 cm³/mol. The Hall–Kier alpha value is 0.0500. The van der Waals surface area contributed by atoms with E-state index < -0.39 is 0 Å². The van der Waals surface area contributed by atoms with Gasteiger partial charge in [0.1, 0.15) is 0 Å². The van der Waals surface area contributed by atoms with Crippen molar-refractivity contribution in [1.29, 1.82) is 0 Å². The van der Waals surface area contributed by atoms with Crippen LogP contribution in [0.25, 0.3) is 0 Å². The Morgan fingerprint density at radius 2 is 2.29 bits per heavy atom. The first-order chi connectivity index (χ1) is 3.13. The van der Waals surface area contributed by atoms with Gasteiger partial charge >= 0.3 is 0 Å². The summed E-state index contributed by atoms with van der Waals surface area (Å²) in [5.41, 5.74) is 0. The van der Waals surface area contributed by atoms with Crippen molar-refractivity contribution in [3.8, 4) is 0 Å². The van der Waals surface area contributed by atoms with Gasteiger partial charge in [0.15, 0.2) is 0 Å². The van der Waals surface area contributed by atoms with Crippen molar-refractivity contribution in [2.45, 2.75) is 26.4 Å². The van der Waals surface area contributed by atoms with E-state index in [9.17, 15) is 0 Å². The topological polar surface area (TPSA) is 20.2 Å². The fourth-order valence-electron chi connectivity index (χ4n) is 0.416. The number of hydrogen-bond donors (Lipinski definition) is 1. The molecule has 0 aromatic heterocycles. The van der Waals surface area contributed by atoms with E-state index in [0.717, 1.165) is 4.86 Å². The standard InChI is InChI=1S/C5H10OS/c1-4(6)3-5(2)7/h4,6H,3H2,1-2H3. The lowest BCUT2D eigenvalue weighted by Gasteiger charge is -1.97. The Labute approximate surface area is 49.4 Å². The van der Waals surface area contributed by atoms with Crippen LogP contribution in [0.5, 0.6) is 0 Å². The molecule has 1 atom stereocenters. The molecule has 2 heteroatoms. The molecular formula is C5H10OS. The maximum absolute atomic E-state index is 8.64. The molecule has 0 fully saturated rings. The Morgan fingerprint density at radius 3 is 2.29 bits per heavy atom. The van der Waals surface area contributed by atoms with Crippen molar-refractivity contribution in [3.63, 3.8) is 0 Å². The molecule has 1 nitrogen and oxygen atoms in total. The molecule has 0 aromatic carbocycles. The first-order valence-corrected chi connectivity index (χ1v) is 2.71. The van der Waals surface area contributed by atoms with Crippen LogP contribution in [0.4, 0.5) is 0 Å². The van der Waals surface area contributed by atoms with Crippen molar-refractivity contribution in [2.24, 2.45) is 0 Å². The number of aliphatic hydroxyl groups excluding tert-OH is 1. The lowest BCUT2D eigenvalue weighted by atomic mass is 10.2. The molecule has 0 bridgehead atoms. The third kappa shape index (κ3) is 6.05. The van der Waals surface area contributed by atoms with Crippen LogP contribution in [0, 0.1) is 0 Å². The molecule has 0 rings (SSSR count). The average molecular weight is 118 g/mol. The van der Waals surface area contributed by atoms with E-state index in [1.54, 1.807) is 6.92 Å². The van der Waals surface area contributed by atoms with Gasteiger partial charge in [-0.1, -0.05) is 12.2 Å². The summed E-state index contributed by atoms with van der Waals surface area (Å²) < 4.78 is 0. The first kappa shape index (κ1) is 7.05. The molecule has 7 heavy (non-hydrogen) atoms. The summed E-state index contributed by atoms with van der Waals surface area (Å²) >= 11 is 4.71. The highest BCUT2D eigenvalue weighted by Gasteiger charge is 1.93. The molecule has 0 amide bonds. The van der Waals surface area contributed by atoms with Crippen molar-refractivity contribution >= 4 is 17.1 Å². The molecule has 0 aliphatic rings. The monoisotopic (exact) mass is 118 g/mol. The molecule has 0 saturated carbocycles. The van der Waals surface area contributed by atoms with Crippen LogP contribution in [-0.4, -0.2) is 16.1 Å². The second-order valence-corrected chi connectivity index (χ2v) is 2.45. The van der Waals surface area contributed by atoms with E-state index in [2.05, 4.69) is 0 Å². The Balaban J connectivity index is 3.13. The van der Waals surface area contributed by atoms with Crippen molar-refractivity contribution in [2.75, 3.05) is 0 Å². The minimum absolute atomic E-state index is 0.266. The quantitative estimate of drug-likeness (QED) is 0.549.